The van der Waals surface area contributed by atoms with E-state index in [1.807, 2.05) is 6.08 Å². The average molecular weight is 595 g/mol. The Kier molecular flexibility index (Phi) is 26.6. The molecule has 0 aromatic heterocycles. The summed E-state index contributed by atoms with van der Waals surface area (Å²) in [6, 6.07) is -1.39. The molecule has 0 spiro atoms. The predicted molar refractivity (Wildman–Crippen MR) is 167 cm³/mol. The first-order valence-corrected chi connectivity index (χ1v) is 16.2. The van der Waals surface area contributed by atoms with Crippen LogP contribution >= 0.6 is 0 Å². The summed E-state index contributed by atoms with van der Waals surface area (Å²) in [5.74, 6) is -2.43. The zero-order valence-corrected chi connectivity index (χ0v) is 26.2. The average Bonchev–Trinajstić information content (AvgIpc) is 2.97. The number of aliphatic hydroxyl groups excluding tert-OH is 1. The Morgan fingerprint density at radius 1 is 0.738 bits per heavy atom. The number of aliphatic carboxylic acids is 1. The molecule has 0 aliphatic rings. The van der Waals surface area contributed by atoms with Gasteiger partial charge < -0.3 is 25.6 Å². The summed E-state index contributed by atoms with van der Waals surface area (Å²) in [6.07, 6.45) is 26.6. The Morgan fingerprint density at radius 2 is 1.36 bits per heavy atom. The van der Waals surface area contributed by atoms with E-state index in [1.54, 1.807) is 0 Å². The van der Waals surface area contributed by atoms with Gasteiger partial charge in [-0.25, -0.2) is 4.79 Å². The van der Waals surface area contributed by atoms with Crippen LogP contribution in [0.5, 0.6) is 0 Å². The number of carbonyl (C=O) groups is 4. The number of carboxylic acids is 1. The fourth-order valence-electron chi connectivity index (χ4n) is 4.37. The van der Waals surface area contributed by atoms with Gasteiger partial charge in [-0.1, -0.05) is 96.3 Å². The summed E-state index contributed by atoms with van der Waals surface area (Å²) in [5.41, 5.74) is 0. The molecule has 0 radical (unpaired) electrons. The maximum atomic E-state index is 12.5. The van der Waals surface area contributed by atoms with Crippen molar-refractivity contribution in [1.82, 2.24) is 10.6 Å². The van der Waals surface area contributed by atoms with Crippen LogP contribution in [-0.4, -0.2) is 59.3 Å². The molecule has 0 saturated heterocycles. The summed E-state index contributed by atoms with van der Waals surface area (Å²) >= 11 is 0. The van der Waals surface area contributed by atoms with Crippen LogP contribution < -0.4 is 10.6 Å². The number of rotatable bonds is 28. The molecule has 0 heterocycles. The van der Waals surface area contributed by atoms with Crippen LogP contribution in [0, 0.1) is 0 Å². The van der Waals surface area contributed by atoms with Gasteiger partial charge in [-0.2, -0.15) is 0 Å². The summed E-state index contributed by atoms with van der Waals surface area (Å²) < 4.78 is 5.80. The Balaban J connectivity index is 4.38. The first kappa shape index (κ1) is 39.3. The zero-order valence-electron chi connectivity index (χ0n) is 26.2. The van der Waals surface area contributed by atoms with E-state index < -0.39 is 24.5 Å². The molecule has 9 nitrogen and oxygen atoms in total. The Bertz CT molecular complexity index is 782. The predicted octanol–water partition coefficient (Wildman–Crippen LogP) is 6.14. The number of aliphatic hydroxyl groups is 1. The van der Waals surface area contributed by atoms with E-state index in [0.29, 0.717) is 12.8 Å². The molecule has 0 bridgehead atoms. The quantitative estimate of drug-likeness (QED) is 0.0484. The van der Waals surface area contributed by atoms with E-state index >= 15 is 0 Å². The van der Waals surface area contributed by atoms with Gasteiger partial charge in [-0.15, -0.1) is 0 Å². The number of allylic oxidation sites excluding steroid dienone is 3. The SMILES string of the molecule is CCCCC/C=C\C/C=C\C(CCCCCCC(=O)NCC(=O)NC(CO)C(=O)O)OC(=O)CCCCCCCCC. The molecule has 2 amide bonds. The maximum absolute atomic E-state index is 12.5. The highest BCUT2D eigenvalue weighted by Gasteiger charge is 2.18. The minimum atomic E-state index is -1.39. The molecule has 0 rings (SSSR count). The molecule has 0 aliphatic heterocycles. The van der Waals surface area contributed by atoms with Gasteiger partial charge in [0.1, 0.15) is 12.1 Å². The molecule has 9 heteroatoms. The normalized spacial score (nSPS) is 12.8. The van der Waals surface area contributed by atoms with Crippen molar-refractivity contribution in [1.29, 1.82) is 0 Å². The van der Waals surface area contributed by atoms with Crippen molar-refractivity contribution < 1.29 is 34.1 Å². The Morgan fingerprint density at radius 3 is 2.02 bits per heavy atom. The van der Waals surface area contributed by atoms with Crippen molar-refractivity contribution >= 4 is 23.8 Å². The van der Waals surface area contributed by atoms with Gasteiger partial charge in [0.15, 0.2) is 0 Å². The molecule has 242 valence electrons. The molecule has 2 atom stereocenters. The lowest BCUT2D eigenvalue weighted by atomic mass is 10.1. The Hall–Kier alpha value is -2.68. The summed E-state index contributed by atoms with van der Waals surface area (Å²) in [7, 11) is 0. The van der Waals surface area contributed by atoms with Gasteiger partial charge >= 0.3 is 11.9 Å². The van der Waals surface area contributed by atoms with Crippen molar-refractivity contribution in [2.45, 2.75) is 148 Å². The van der Waals surface area contributed by atoms with Crippen molar-refractivity contribution in [2.75, 3.05) is 13.2 Å². The van der Waals surface area contributed by atoms with Crippen molar-refractivity contribution in [3.63, 3.8) is 0 Å². The van der Waals surface area contributed by atoms with Gasteiger partial charge in [0, 0.05) is 12.8 Å². The van der Waals surface area contributed by atoms with Gasteiger partial charge in [0.05, 0.1) is 13.2 Å². The summed E-state index contributed by atoms with van der Waals surface area (Å²) in [5, 5.41) is 22.4. The summed E-state index contributed by atoms with van der Waals surface area (Å²) in [4.78, 5) is 47.0. The zero-order chi connectivity index (χ0) is 31.3. The van der Waals surface area contributed by atoms with E-state index in [4.69, 9.17) is 14.9 Å². The molecule has 0 aromatic carbocycles. The number of hydrogen-bond donors (Lipinski definition) is 4. The van der Waals surface area contributed by atoms with Gasteiger partial charge in [-0.05, 0) is 51.0 Å². The second-order valence-corrected chi connectivity index (χ2v) is 10.9. The van der Waals surface area contributed by atoms with Crippen LogP contribution in [0.1, 0.15) is 136 Å². The van der Waals surface area contributed by atoms with E-state index in [1.165, 1.54) is 51.4 Å². The number of hydrogen-bond acceptors (Lipinski definition) is 6. The standard InChI is InChI=1S/C33H58N2O7/c1-3-5-7-9-11-13-14-18-22-28(42-32(39)25-21-15-12-10-8-6-4-2)23-19-16-17-20-24-30(37)34-26-31(38)35-29(27-36)33(40)41/h11,13,18,22,28-29,36H,3-10,12,14-17,19-21,23-27H2,1-2H3,(H,34,37)(H,35,38)(H,40,41)/b13-11-,22-18-. The second kappa shape index (κ2) is 28.4. The van der Waals surface area contributed by atoms with Crippen molar-refractivity contribution in [2.24, 2.45) is 0 Å². The van der Waals surface area contributed by atoms with Crippen LogP contribution in [0.3, 0.4) is 0 Å². The van der Waals surface area contributed by atoms with Crippen LogP contribution in [0.15, 0.2) is 24.3 Å². The highest BCUT2D eigenvalue weighted by atomic mass is 16.5. The fourth-order valence-corrected chi connectivity index (χ4v) is 4.37. The number of carboxylic acid groups (broad SMARTS) is 1. The third-order valence-corrected chi connectivity index (χ3v) is 6.94. The molecule has 42 heavy (non-hydrogen) atoms. The summed E-state index contributed by atoms with van der Waals surface area (Å²) in [6.45, 7) is 3.34. The molecule has 2 unspecified atom stereocenters. The fraction of sp³-hybridized carbons (Fsp3) is 0.758. The van der Waals surface area contributed by atoms with Crippen LogP contribution in [0.25, 0.3) is 0 Å². The molecule has 0 fully saturated rings. The lowest BCUT2D eigenvalue weighted by molar-refractivity contribution is -0.147. The minimum Gasteiger partial charge on any atom is -0.480 e. The molecular weight excluding hydrogens is 536 g/mol. The number of ether oxygens (including phenoxy) is 1. The van der Waals surface area contributed by atoms with E-state index in [0.717, 1.165) is 51.4 Å². The first-order valence-electron chi connectivity index (χ1n) is 16.2. The van der Waals surface area contributed by atoms with Crippen LogP contribution in [0.2, 0.25) is 0 Å². The number of nitrogens with one attached hydrogen (secondary N) is 2. The molecule has 0 saturated carbocycles. The molecule has 4 N–H and O–H groups in total. The van der Waals surface area contributed by atoms with Crippen molar-refractivity contribution in [3.05, 3.63) is 24.3 Å². The third kappa shape index (κ3) is 25.1. The lowest BCUT2D eigenvalue weighted by Crippen LogP contribution is -2.47. The number of esters is 1. The highest BCUT2D eigenvalue weighted by molar-refractivity contribution is 5.87. The van der Waals surface area contributed by atoms with Crippen LogP contribution in [0.4, 0.5) is 0 Å². The highest BCUT2D eigenvalue weighted by Crippen LogP contribution is 2.14. The maximum Gasteiger partial charge on any atom is 0.328 e. The van der Waals surface area contributed by atoms with E-state index in [2.05, 4.69) is 42.7 Å². The van der Waals surface area contributed by atoms with Crippen molar-refractivity contribution in [3.8, 4) is 0 Å². The number of unbranched alkanes of at least 4 members (excludes halogenated alkanes) is 12. The lowest BCUT2D eigenvalue weighted by Gasteiger charge is -2.15. The Labute approximate surface area is 253 Å². The largest absolute Gasteiger partial charge is 0.480 e. The van der Waals surface area contributed by atoms with Gasteiger partial charge in [0.2, 0.25) is 11.8 Å². The third-order valence-electron chi connectivity index (χ3n) is 6.94. The number of carbonyl (C=O) groups excluding carboxylic acids is 3. The molecular formula is C33H58N2O7. The monoisotopic (exact) mass is 594 g/mol. The van der Waals surface area contributed by atoms with E-state index in [9.17, 15) is 19.2 Å². The first-order chi connectivity index (χ1) is 20.3. The topological polar surface area (TPSA) is 142 Å². The minimum absolute atomic E-state index is 0.136. The number of amides is 2. The molecule has 0 aromatic rings. The van der Waals surface area contributed by atoms with Gasteiger partial charge in [-0.3, -0.25) is 14.4 Å². The second-order valence-electron chi connectivity index (χ2n) is 10.9. The van der Waals surface area contributed by atoms with E-state index in [-0.39, 0.29) is 30.9 Å². The molecule has 0 aliphatic carbocycles. The smallest absolute Gasteiger partial charge is 0.328 e. The van der Waals surface area contributed by atoms with Crippen LogP contribution in [-0.2, 0) is 23.9 Å². The van der Waals surface area contributed by atoms with Gasteiger partial charge in [0.25, 0.3) is 0 Å².